The first-order valence-electron chi connectivity index (χ1n) is 8.43. The number of hydrogen-bond acceptors (Lipinski definition) is 4. The maximum absolute atomic E-state index is 13.1. The number of hydrogen-bond donors (Lipinski definition) is 1. The highest BCUT2D eigenvalue weighted by Crippen LogP contribution is 2.44. The molecule has 1 aromatic carbocycles. The van der Waals surface area contributed by atoms with Gasteiger partial charge >= 0.3 is 12.4 Å². The third kappa shape index (κ3) is 4.68. The van der Waals surface area contributed by atoms with Crippen LogP contribution in [0.5, 0.6) is 5.75 Å². The molecule has 0 saturated carbocycles. The molecule has 1 amide bonds. The van der Waals surface area contributed by atoms with Crippen molar-refractivity contribution < 1.29 is 40.7 Å². The number of nitrogens with zero attached hydrogens (tertiary/aromatic N) is 1. The van der Waals surface area contributed by atoms with Crippen molar-refractivity contribution in [1.29, 1.82) is 0 Å². The summed E-state index contributed by atoms with van der Waals surface area (Å²) in [5, 5.41) is 2.17. The SMILES string of the molecule is CCC(=O)Nc1ccc2c(c1C(=O)C(F)(F)F)OC[C@@H](CC)N2CC(F)(F)F. The topological polar surface area (TPSA) is 58.6 Å². The van der Waals surface area contributed by atoms with Crippen LogP contribution in [0, 0.1) is 0 Å². The van der Waals surface area contributed by atoms with E-state index in [9.17, 15) is 35.9 Å². The molecule has 28 heavy (non-hydrogen) atoms. The fraction of sp³-hybridized carbons (Fsp3) is 0.529. The van der Waals surface area contributed by atoms with E-state index in [-0.39, 0.29) is 25.1 Å². The van der Waals surface area contributed by atoms with Gasteiger partial charge in [-0.25, -0.2) is 0 Å². The predicted molar refractivity (Wildman–Crippen MR) is 88.7 cm³/mol. The first-order chi connectivity index (χ1) is 12.9. The number of anilines is 2. The van der Waals surface area contributed by atoms with Crippen LogP contribution in [-0.2, 0) is 4.79 Å². The molecule has 2 rings (SSSR count). The number of alkyl halides is 6. The summed E-state index contributed by atoms with van der Waals surface area (Å²) in [5.41, 5.74) is -1.75. The van der Waals surface area contributed by atoms with Crippen molar-refractivity contribution in [3.05, 3.63) is 17.7 Å². The second-order valence-electron chi connectivity index (χ2n) is 6.18. The Morgan fingerprint density at radius 2 is 1.82 bits per heavy atom. The van der Waals surface area contributed by atoms with Crippen LogP contribution in [0.4, 0.5) is 37.7 Å². The molecule has 0 radical (unpaired) electrons. The lowest BCUT2D eigenvalue weighted by atomic mass is 10.0. The number of rotatable bonds is 5. The Morgan fingerprint density at radius 3 is 2.32 bits per heavy atom. The largest absolute Gasteiger partial charge is 0.488 e. The van der Waals surface area contributed by atoms with E-state index in [1.807, 2.05) is 0 Å². The van der Waals surface area contributed by atoms with Crippen molar-refractivity contribution in [3.63, 3.8) is 0 Å². The maximum atomic E-state index is 13.1. The Labute approximate surface area is 156 Å². The number of Topliss-reactive ketones (excluding diaryl/α,β-unsaturated/α-hetero) is 1. The third-order valence-corrected chi connectivity index (χ3v) is 4.21. The second kappa shape index (κ2) is 7.88. The summed E-state index contributed by atoms with van der Waals surface area (Å²) in [4.78, 5) is 24.5. The zero-order chi connectivity index (χ0) is 21.3. The first-order valence-corrected chi connectivity index (χ1v) is 8.43. The molecular formula is C17H18F6N2O3. The fourth-order valence-corrected chi connectivity index (χ4v) is 2.87. The average Bonchev–Trinajstić information content (AvgIpc) is 2.59. The van der Waals surface area contributed by atoms with Gasteiger partial charge in [0.2, 0.25) is 5.91 Å². The van der Waals surface area contributed by atoms with E-state index in [4.69, 9.17) is 4.74 Å². The number of carbonyl (C=O) groups is 2. The molecule has 11 heteroatoms. The molecule has 1 aromatic rings. The summed E-state index contributed by atoms with van der Waals surface area (Å²) in [7, 11) is 0. The number of benzene rings is 1. The molecule has 0 fully saturated rings. The van der Waals surface area contributed by atoms with Gasteiger partial charge in [0.25, 0.3) is 5.78 Å². The van der Waals surface area contributed by atoms with Crippen LogP contribution in [0.15, 0.2) is 12.1 Å². The van der Waals surface area contributed by atoms with E-state index in [0.717, 1.165) is 17.0 Å². The highest BCUT2D eigenvalue weighted by atomic mass is 19.4. The maximum Gasteiger partial charge on any atom is 0.455 e. The van der Waals surface area contributed by atoms with Crippen molar-refractivity contribution in [1.82, 2.24) is 0 Å². The number of amides is 1. The summed E-state index contributed by atoms with van der Waals surface area (Å²) in [6.45, 7) is 1.32. The molecule has 156 valence electrons. The van der Waals surface area contributed by atoms with E-state index in [2.05, 4.69) is 5.32 Å². The van der Waals surface area contributed by atoms with Crippen molar-refractivity contribution in [2.45, 2.75) is 45.1 Å². The highest BCUT2D eigenvalue weighted by Gasteiger charge is 2.45. The molecule has 1 N–H and O–H groups in total. The lowest BCUT2D eigenvalue weighted by molar-refractivity contribution is -0.121. The van der Waals surface area contributed by atoms with Gasteiger partial charge in [-0.3, -0.25) is 9.59 Å². The van der Waals surface area contributed by atoms with Crippen molar-refractivity contribution >= 4 is 23.1 Å². The molecule has 1 aliphatic heterocycles. The molecule has 1 heterocycles. The van der Waals surface area contributed by atoms with E-state index < -0.39 is 53.6 Å². The standard InChI is InChI=1S/C17H18F6N2O3/c1-3-9-7-28-14-11(25(9)8-16(18,19)20)6-5-10(24-12(26)4-2)13(14)15(27)17(21,22)23/h5-6,9H,3-4,7-8H2,1-2H3,(H,24,26)/t9-/m1/s1. The number of ketones is 1. The van der Waals surface area contributed by atoms with Crippen LogP contribution in [0.3, 0.4) is 0 Å². The molecule has 0 bridgehead atoms. The molecule has 0 saturated heterocycles. The Bertz CT molecular complexity index is 760. The van der Waals surface area contributed by atoms with Gasteiger partial charge in [-0.05, 0) is 18.6 Å². The normalized spacial score (nSPS) is 17.0. The van der Waals surface area contributed by atoms with Crippen LogP contribution < -0.4 is 15.0 Å². The van der Waals surface area contributed by atoms with Crippen molar-refractivity contribution in [2.24, 2.45) is 0 Å². The molecular weight excluding hydrogens is 394 g/mol. The first kappa shape index (κ1) is 21.8. The summed E-state index contributed by atoms with van der Waals surface area (Å²) in [5.74, 6) is -3.59. The van der Waals surface area contributed by atoms with Crippen LogP contribution >= 0.6 is 0 Å². The van der Waals surface area contributed by atoms with Gasteiger partial charge < -0.3 is 15.0 Å². The molecule has 0 aromatic heterocycles. The number of fused-ring (bicyclic) bond motifs is 1. The Balaban J connectivity index is 2.65. The minimum atomic E-state index is -5.30. The molecule has 5 nitrogen and oxygen atoms in total. The Morgan fingerprint density at radius 1 is 1.18 bits per heavy atom. The lowest BCUT2D eigenvalue weighted by Crippen LogP contribution is -2.47. The van der Waals surface area contributed by atoms with Crippen molar-refractivity contribution in [3.8, 4) is 5.75 Å². The summed E-state index contributed by atoms with van der Waals surface area (Å²) in [6.07, 6.45) is -9.76. The van der Waals surface area contributed by atoms with Crippen LogP contribution in [-0.4, -0.2) is 43.2 Å². The Hall–Kier alpha value is -2.46. The van der Waals surface area contributed by atoms with Crippen LogP contribution in [0.25, 0.3) is 0 Å². The van der Waals surface area contributed by atoms with Crippen LogP contribution in [0.2, 0.25) is 0 Å². The van der Waals surface area contributed by atoms with Gasteiger partial charge in [0, 0.05) is 6.42 Å². The minimum absolute atomic E-state index is 0.0737. The zero-order valence-corrected chi connectivity index (χ0v) is 15.0. The van der Waals surface area contributed by atoms with E-state index in [1.165, 1.54) is 6.92 Å². The third-order valence-electron chi connectivity index (χ3n) is 4.21. The van der Waals surface area contributed by atoms with E-state index >= 15 is 0 Å². The highest BCUT2D eigenvalue weighted by molar-refractivity contribution is 6.11. The van der Waals surface area contributed by atoms with Gasteiger partial charge in [0.1, 0.15) is 13.2 Å². The predicted octanol–water partition coefficient (Wildman–Crippen LogP) is 4.32. The fourth-order valence-electron chi connectivity index (χ4n) is 2.87. The second-order valence-corrected chi connectivity index (χ2v) is 6.18. The number of carbonyl (C=O) groups excluding carboxylic acids is 2. The van der Waals surface area contributed by atoms with E-state index in [0.29, 0.717) is 0 Å². The van der Waals surface area contributed by atoms with Crippen LogP contribution in [0.1, 0.15) is 37.0 Å². The number of nitrogens with one attached hydrogen (secondary N) is 1. The molecule has 0 spiro atoms. The van der Waals surface area contributed by atoms with Gasteiger partial charge in [0.05, 0.1) is 23.0 Å². The molecule has 1 aliphatic rings. The lowest BCUT2D eigenvalue weighted by Gasteiger charge is -2.39. The van der Waals surface area contributed by atoms with Gasteiger partial charge in [-0.15, -0.1) is 0 Å². The van der Waals surface area contributed by atoms with E-state index in [1.54, 1.807) is 6.92 Å². The average molecular weight is 412 g/mol. The minimum Gasteiger partial charge on any atom is -0.488 e. The Kier molecular flexibility index (Phi) is 6.15. The summed E-state index contributed by atoms with van der Waals surface area (Å²) < 4.78 is 83.6. The number of ether oxygens (including phenoxy) is 1. The van der Waals surface area contributed by atoms with Gasteiger partial charge in [-0.2, -0.15) is 26.3 Å². The summed E-state index contributed by atoms with van der Waals surface area (Å²) in [6, 6.07) is 1.36. The van der Waals surface area contributed by atoms with Gasteiger partial charge in [-0.1, -0.05) is 13.8 Å². The molecule has 0 unspecified atom stereocenters. The van der Waals surface area contributed by atoms with Gasteiger partial charge in [0.15, 0.2) is 5.75 Å². The monoisotopic (exact) mass is 412 g/mol. The summed E-state index contributed by atoms with van der Waals surface area (Å²) >= 11 is 0. The van der Waals surface area contributed by atoms with Crippen molar-refractivity contribution in [2.75, 3.05) is 23.4 Å². The smallest absolute Gasteiger partial charge is 0.455 e. The zero-order valence-electron chi connectivity index (χ0n) is 15.0. The quantitative estimate of drug-likeness (QED) is 0.578. The number of halogens is 6. The molecule has 1 atom stereocenters. The molecule has 0 aliphatic carbocycles.